The molecular formula is C20H19N3O5. The molecule has 1 heterocycles. The van der Waals surface area contributed by atoms with Gasteiger partial charge in [0.2, 0.25) is 6.10 Å². The van der Waals surface area contributed by atoms with Crippen LogP contribution in [-0.2, 0) is 20.7 Å². The van der Waals surface area contributed by atoms with E-state index in [1.807, 2.05) is 0 Å². The summed E-state index contributed by atoms with van der Waals surface area (Å²) in [5.74, 6) is -1.41. The SMILES string of the molecule is CCNC(=O)NC(=O)[C@H](OC(=O)Cc1noc2ccccc12)c1ccccc1. The van der Waals surface area contributed by atoms with Crippen molar-refractivity contribution < 1.29 is 23.6 Å². The van der Waals surface area contributed by atoms with Gasteiger partial charge in [0.15, 0.2) is 5.58 Å². The van der Waals surface area contributed by atoms with Crippen molar-refractivity contribution in [3.05, 3.63) is 65.9 Å². The zero-order valence-corrected chi connectivity index (χ0v) is 15.2. The number of urea groups is 1. The van der Waals surface area contributed by atoms with Crippen LogP contribution in [0.4, 0.5) is 4.79 Å². The van der Waals surface area contributed by atoms with Crippen LogP contribution in [0.3, 0.4) is 0 Å². The Bertz CT molecular complexity index is 984. The van der Waals surface area contributed by atoms with Gasteiger partial charge in [-0.2, -0.15) is 0 Å². The molecule has 3 amide bonds. The number of amides is 3. The van der Waals surface area contributed by atoms with Gasteiger partial charge in [-0.3, -0.25) is 14.9 Å². The number of rotatable bonds is 6. The first-order valence-corrected chi connectivity index (χ1v) is 8.75. The smallest absolute Gasteiger partial charge is 0.321 e. The van der Waals surface area contributed by atoms with Gasteiger partial charge in [-0.05, 0) is 19.1 Å². The summed E-state index contributed by atoms with van der Waals surface area (Å²) in [4.78, 5) is 36.6. The molecule has 2 N–H and O–H groups in total. The molecule has 1 atom stereocenters. The molecule has 0 fully saturated rings. The topological polar surface area (TPSA) is 111 Å². The minimum atomic E-state index is -1.27. The number of ether oxygens (including phenoxy) is 1. The molecule has 8 heteroatoms. The lowest BCUT2D eigenvalue weighted by Crippen LogP contribution is -2.42. The van der Waals surface area contributed by atoms with Gasteiger partial charge in [0.1, 0.15) is 5.69 Å². The summed E-state index contributed by atoms with van der Waals surface area (Å²) < 4.78 is 10.6. The van der Waals surface area contributed by atoms with Crippen LogP contribution in [0.15, 0.2) is 59.1 Å². The summed E-state index contributed by atoms with van der Waals surface area (Å²) in [5.41, 5.74) is 1.41. The number of imide groups is 1. The van der Waals surface area contributed by atoms with Crippen molar-refractivity contribution in [1.29, 1.82) is 0 Å². The van der Waals surface area contributed by atoms with Gasteiger partial charge in [0.05, 0.1) is 6.42 Å². The number of carbonyl (C=O) groups is 3. The van der Waals surface area contributed by atoms with Crippen LogP contribution in [0.1, 0.15) is 24.3 Å². The summed E-state index contributed by atoms with van der Waals surface area (Å²) in [5, 5.41) is 9.22. The average molecular weight is 381 g/mol. The molecular weight excluding hydrogens is 362 g/mol. The summed E-state index contributed by atoms with van der Waals surface area (Å²) >= 11 is 0. The van der Waals surface area contributed by atoms with E-state index in [2.05, 4.69) is 15.8 Å². The zero-order chi connectivity index (χ0) is 19.9. The monoisotopic (exact) mass is 381 g/mol. The van der Waals surface area contributed by atoms with Crippen LogP contribution in [0.2, 0.25) is 0 Å². The van der Waals surface area contributed by atoms with Crippen molar-refractivity contribution >= 4 is 28.9 Å². The second-order valence-electron chi connectivity index (χ2n) is 5.93. The van der Waals surface area contributed by atoms with Gasteiger partial charge in [0, 0.05) is 17.5 Å². The Hall–Kier alpha value is -3.68. The highest BCUT2D eigenvalue weighted by Gasteiger charge is 2.27. The molecule has 0 aliphatic rings. The highest BCUT2D eigenvalue weighted by molar-refractivity contribution is 5.98. The molecule has 0 aliphatic carbocycles. The van der Waals surface area contributed by atoms with E-state index in [1.54, 1.807) is 61.5 Å². The number of fused-ring (bicyclic) bond motifs is 1. The predicted molar refractivity (Wildman–Crippen MR) is 100 cm³/mol. The summed E-state index contributed by atoms with van der Waals surface area (Å²) in [7, 11) is 0. The van der Waals surface area contributed by atoms with Crippen molar-refractivity contribution in [2.24, 2.45) is 0 Å². The lowest BCUT2D eigenvalue weighted by atomic mass is 10.1. The predicted octanol–water partition coefficient (Wildman–Crippen LogP) is 2.50. The van der Waals surface area contributed by atoms with E-state index >= 15 is 0 Å². The second-order valence-corrected chi connectivity index (χ2v) is 5.93. The first-order chi connectivity index (χ1) is 13.6. The minimum Gasteiger partial charge on any atom is -0.447 e. The van der Waals surface area contributed by atoms with E-state index in [1.165, 1.54) is 0 Å². The van der Waals surface area contributed by atoms with Crippen molar-refractivity contribution in [1.82, 2.24) is 15.8 Å². The van der Waals surface area contributed by atoms with Crippen molar-refractivity contribution in [2.75, 3.05) is 6.54 Å². The van der Waals surface area contributed by atoms with Crippen LogP contribution >= 0.6 is 0 Å². The highest BCUT2D eigenvalue weighted by Crippen LogP contribution is 2.21. The molecule has 0 unspecified atom stereocenters. The minimum absolute atomic E-state index is 0.172. The molecule has 28 heavy (non-hydrogen) atoms. The van der Waals surface area contributed by atoms with Crippen LogP contribution in [0.25, 0.3) is 11.0 Å². The number of para-hydroxylation sites is 1. The third-order valence-electron chi connectivity index (χ3n) is 3.93. The molecule has 0 saturated heterocycles. The van der Waals surface area contributed by atoms with Gasteiger partial charge >= 0.3 is 12.0 Å². The number of carbonyl (C=O) groups excluding carboxylic acids is 3. The van der Waals surface area contributed by atoms with Crippen LogP contribution in [0.5, 0.6) is 0 Å². The number of esters is 1. The molecule has 0 spiro atoms. The molecule has 2 aromatic carbocycles. The average Bonchev–Trinajstić information content (AvgIpc) is 3.10. The first kappa shape index (κ1) is 19.1. The third-order valence-corrected chi connectivity index (χ3v) is 3.93. The van der Waals surface area contributed by atoms with E-state index in [4.69, 9.17) is 9.26 Å². The van der Waals surface area contributed by atoms with Gasteiger partial charge < -0.3 is 14.6 Å². The summed E-state index contributed by atoms with van der Waals surface area (Å²) in [6, 6.07) is 14.9. The summed E-state index contributed by atoms with van der Waals surface area (Å²) in [6.07, 6.45) is -1.44. The normalized spacial score (nSPS) is 11.6. The molecule has 3 aromatic rings. The van der Waals surface area contributed by atoms with E-state index in [0.29, 0.717) is 28.8 Å². The number of aromatic nitrogens is 1. The maximum atomic E-state index is 12.5. The number of nitrogens with one attached hydrogen (secondary N) is 2. The number of hydrogen-bond acceptors (Lipinski definition) is 6. The van der Waals surface area contributed by atoms with Crippen molar-refractivity contribution in [3.8, 4) is 0 Å². The number of benzene rings is 2. The van der Waals surface area contributed by atoms with Gasteiger partial charge in [0.25, 0.3) is 5.91 Å². The fourth-order valence-electron chi connectivity index (χ4n) is 2.66. The van der Waals surface area contributed by atoms with E-state index in [-0.39, 0.29) is 6.42 Å². The van der Waals surface area contributed by atoms with Crippen LogP contribution < -0.4 is 10.6 Å². The van der Waals surface area contributed by atoms with Crippen molar-refractivity contribution in [2.45, 2.75) is 19.4 Å². The maximum absolute atomic E-state index is 12.5. The van der Waals surface area contributed by atoms with E-state index < -0.39 is 24.0 Å². The Labute approximate surface area is 160 Å². The standard InChI is InChI=1S/C20H19N3O5/c1-2-21-20(26)22-19(25)18(13-8-4-3-5-9-13)27-17(24)12-15-14-10-6-7-11-16(14)28-23-15/h3-11,18H,2,12H2,1H3,(H2,21,22,25,26)/t18-/m1/s1. The molecule has 1 aromatic heterocycles. The van der Waals surface area contributed by atoms with E-state index in [0.717, 1.165) is 0 Å². The Morgan fingerprint density at radius 3 is 2.54 bits per heavy atom. The van der Waals surface area contributed by atoms with Crippen LogP contribution in [0, 0.1) is 0 Å². The molecule has 3 rings (SSSR count). The van der Waals surface area contributed by atoms with Crippen LogP contribution in [-0.4, -0.2) is 29.6 Å². The van der Waals surface area contributed by atoms with E-state index in [9.17, 15) is 14.4 Å². The largest absolute Gasteiger partial charge is 0.447 e. The molecule has 0 bridgehead atoms. The number of nitrogens with zero attached hydrogens (tertiary/aromatic N) is 1. The molecule has 0 radical (unpaired) electrons. The Balaban J connectivity index is 1.76. The zero-order valence-electron chi connectivity index (χ0n) is 15.2. The molecule has 0 saturated carbocycles. The Kier molecular flexibility index (Phi) is 6.01. The second kappa shape index (κ2) is 8.81. The molecule has 8 nitrogen and oxygen atoms in total. The lowest BCUT2D eigenvalue weighted by Gasteiger charge is -2.17. The molecule has 0 aliphatic heterocycles. The third kappa shape index (κ3) is 4.53. The number of hydrogen-bond donors (Lipinski definition) is 2. The lowest BCUT2D eigenvalue weighted by molar-refractivity contribution is -0.155. The first-order valence-electron chi connectivity index (χ1n) is 8.75. The Morgan fingerprint density at radius 1 is 1.07 bits per heavy atom. The highest BCUT2D eigenvalue weighted by atomic mass is 16.5. The quantitative estimate of drug-likeness (QED) is 0.635. The van der Waals surface area contributed by atoms with Gasteiger partial charge in [-0.1, -0.05) is 47.6 Å². The fourth-order valence-corrected chi connectivity index (χ4v) is 2.66. The van der Waals surface area contributed by atoms with Gasteiger partial charge in [-0.25, -0.2) is 4.79 Å². The maximum Gasteiger partial charge on any atom is 0.321 e. The van der Waals surface area contributed by atoms with Crippen molar-refractivity contribution in [3.63, 3.8) is 0 Å². The summed E-state index contributed by atoms with van der Waals surface area (Å²) in [6.45, 7) is 2.08. The van der Waals surface area contributed by atoms with Gasteiger partial charge in [-0.15, -0.1) is 0 Å². The fraction of sp³-hybridized carbons (Fsp3) is 0.200. The molecule has 144 valence electrons. The Morgan fingerprint density at radius 2 is 1.79 bits per heavy atom.